The third-order valence-electron chi connectivity index (χ3n) is 4.54. The van der Waals surface area contributed by atoms with Crippen LogP contribution in [0, 0.1) is 0 Å². The zero-order valence-electron chi connectivity index (χ0n) is 16.9. The molecule has 28 heavy (non-hydrogen) atoms. The Bertz CT molecular complexity index is 915. The molecule has 0 aliphatic rings. The molecule has 0 saturated carbocycles. The number of imidazole rings is 1. The molecule has 0 unspecified atom stereocenters. The predicted molar refractivity (Wildman–Crippen MR) is 110 cm³/mol. The van der Waals surface area contributed by atoms with Crippen molar-refractivity contribution < 1.29 is 9.53 Å². The van der Waals surface area contributed by atoms with Gasteiger partial charge in [0.05, 0.1) is 24.4 Å². The van der Waals surface area contributed by atoms with Gasteiger partial charge in [-0.3, -0.25) is 4.79 Å². The number of hydrogen-bond acceptors (Lipinski definition) is 4. The van der Waals surface area contributed by atoms with Crippen LogP contribution in [0.25, 0.3) is 16.9 Å². The summed E-state index contributed by atoms with van der Waals surface area (Å²) < 4.78 is 7.31. The van der Waals surface area contributed by atoms with Gasteiger partial charge in [0.2, 0.25) is 11.8 Å². The van der Waals surface area contributed by atoms with E-state index in [1.807, 2.05) is 54.3 Å². The number of nitrogens with zero attached hydrogens (tertiary/aromatic N) is 4. The van der Waals surface area contributed by atoms with Crippen LogP contribution in [0.5, 0.6) is 5.88 Å². The van der Waals surface area contributed by atoms with Crippen LogP contribution in [0.4, 0.5) is 0 Å². The van der Waals surface area contributed by atoms with Crippen molar-refractivity contribution >= 4 is 11.6 Å². The van der Waals surface area contributed by atoms with E-state index < -0.39 is 0 Å². The van der Waals surface area contributed by atoms with Crippen molar-refractivity contribution in [1.29, 1.82) is 0 Å². The van der Waals surface area contributed by atoms with Crippen molar-refractivity contribution in [2.75, 3.05) is 19.7 Å². The Labute approximate surface area is 166 Å². The van der Waals surface area contributed by atoms with Gasteiger partial charge in [-0.05, 0) is 25.8 Å². The van der Waals surface area contributed by atoms with Crippen LogP contribution in [-0.2, 0) is 11.2 Å². The highest BCUT2D eigenvalue weighted by molar-refractivity contribution is 5.81. The molecule has 0 atom stereocenters. The average molecular weight is 380 g/mol. The molecule has 6 heteroatoms. The van der Waals surface area contributed by atoms with E-state index in [1.54, 1.807) is 4.52 Å². The molecule has 0 spiro atoms. The Balaban J connectivity index is 2.06. The Hall–Kier alpha value is -2.89. The van der Waals surface area contributed by atoms with Gasteiger partial charge in [0, 0.05) is 24.7 Å². The van der Waals surface area contributed by atoms with Crippen molar-refractivity contribution in [2.45, 2.75) is 40.0 Å². The molecule has 1 amide bonds. The second-order valence-corrected chi connectivity index (χ2v) is 6.71. The number of hydrogen-bond donors (Lipinski definition) is 0. The predicted octanol–water partition coefficient (Wildman–Crippen LogP) is 3.99. The van der Waals surface area contributed by atoms with E-state index in [1.165, 1.54) is 0 Å². The van der Waals surface area contributed by atoms with Gasteiger partial charge in [0.1, 0.15) is 0 Å². The summed E-state index contributed by atoms with van der Waals surface area (Å²) in [4.78, 5) is 19.7. The minimum Gasteiger partial charge on any atom is -0.477 e. The quantitative estimate of drug-likeness (QED) is 0.563. The lowest BCUT2D eigenvalue weighted by molar-refractivity contribution is -0.130. The minimum atomic E-state index is 0.103. The highest BCUT2D eigenvalue weighted by atomic mass is 16.5. The smallest absolute Gasteiger partial charge is 0.231 e. The first-order valence-corrected chi connectivity index (χ1v) is 10.0. The lowest BCUT2D eigenvalue weighted by atomic mass is 10.1. The molecule has 2 aromatic heterocycles. The molecule has 0 N–H and O–H groups in total. The van der Waals surface area contributed by atoms with Gasteiger partial charge in [-0.2, -0.15) is 0 Å². The summed E-state index contributed by atoms with van der Waals surface area (Å²) in [6.07, 6.45) is 2.14. The van der Waals surface area contributed by atoms with Gasteiger partial charge < -0.3 is 9.64 Å². The molecule has 0 bridgehead atoms. The Morgan fingerprint density at radius 3 is 2.39 bits per heavy atom. The topological polar surface area (TPSA) is 59.7 Å². The zero-order chi connectivity index (χ0) is 19.9. The molecule has 0 radical (unpaired) electrons. The fraction of sp³-hybridized carbons (Fsp3) is 0.409. The average Bonchev–Trinajstić information content (AvgIpc) is 3.06. The SMILES string of the molecule is CCCN(CCC)C(=O)Cc1c(-c2ccccc2)nc2ccc(OCC)nn12. The molecule has 0 saturated heterocycles. The van der Waals surface area contributed by atoms with Crippen LogP contribution >= 0.6 is 0 Å². The van der Waals surface area contributed by atoms with E-state index in [2.05, 4.69) is 18.9 Å². The van der Waals surface area contributed by atoms with E-state index in [4.69, 9.17) is 9.72 Å². The first kappa shape index (κ1) is 19.9. The molecule has 0 aliphatic carbocycles. The van der Waals surface area contributed by atoms with Crippen LogP contribution in [0.1, 0.15) is 39.3 Å². The van der Waals surface area contributed by atoms with Gasteiger partial charge in [0.25, 0.3) is 0 Å². The van der Waals surface area contributed by atoms with Crippen molar-refractivity contribution in [3.8, 4) is 17.1 Å². The van der Waals surface area contributed by atoms with Crippen LogP contribution in [0.15, 0.2) is 42.5 Å². The highest BCUT2D eigenvalue weighted by Gasteiger charge is 2.21. The van der Waals surface area contributed by atoms with Gasteiger partial charge in [-0.25, -0.2) is 9.50 Å². The monoisotopic (exact) mass is 380 g/mol. The maximum atomic E-state index is 13.1. The maximum Gasteiger partial charge on any atom is 0.231 e. The van der Waals surface area contributed by atoms with Crippen LogP contribution < -0.4 is 4.74 Å². The Morgan fingerprint density at radius 1 is 1.04 bits per heavy atom. The number of benzene rings is 1. The molecule has 0 aliphatic heterocycles. The molecular formula is C22H28N4O2. The summed E-state index contributed by atoms with van der Waals surface area (Å²) in [6, 6.07) is 13.6. The molecule has 1 aromatic carbocycles. The largest absolute Gasteiger partial charge is 0.477 e. The second kappa shape index (κ2) is 9.35. The number of aromatic nitrogens is 3. The van der Waals surface area contributed by atoms with Crippen molar-refractivity contribution in [2.24, 2.45) is 0 Å². The fourth-order valence-corrected chi connectivity index (χ4v) is 3.33. The number of carbonyl (C=O) groups is 1. The van der Waals surface area contributed by atoms with Crippen LogP contribution in [-0.4, -0.2) is 45.1 Å². The zero-order valence-corrected chi connectivity index (χ0v) is 16.9. The van der Waals surface area contributed by atoms with Crippen molar-refractivity contribution in [3.05, 3.63) is 48.2 Å². The summed E-state index contributed by atoms with van der Waals surface area (Å²) in [5.41, 5.74) is 3.28. The van der Waals surface area contributed by atoms with E-state index >= 15 is 0 Å². The molecule has 148 valence electrons. The van der Waals surface area contributed by atoms with Crippen molar-refractivity contribution in [1.82, 2.24) is 19.5 Å². The van der Waals surface area contributed by atoms with Gasteiger partial charge in [-0.15, -0.1) is 5.10 Å². The summed E-state index contributed by atoms with van der Waals surface area (Å²) in [5.74, 6) is 0.631. The fourth-order valence-electron chi connectivity index (χ4n) is 3.33. The molecule has 0 fully saturated rings. The van der Waals surface area contributed by atoms with E-state index in [0.29, 0.717) is 18.1 Å². The van der Waals surface area contributed by atoms with Crippen molar-refractivity contribution in [3.63, 3.8) is 0 Å². The number of ether oxygens (including phenoxy) is 1. The Kier molecular flexibility index (Phi) is 6.63. The summed E-state index contributed by atoms with van der Waals surface area (Å²) in [6.45, 7) is 8.18. The van der Waals surface area contributed by atoms with E-state index in [9.17, 15) is 4.79 Å². The number of rotatable bonds is 9. The highest BCUT2D eigenvalue weighted by Crippen LogP contribution is 2.25. The van der Waals surface area contributed by atoms with Gasteiger partial charge in [-0.1, -0.05) is 44.2 Å². The molecule has 3 aromatic rings. The third kappa shape index (κ3) is 4.32. The number of carbonyl (C=O) groups excluding carboxylic acids is 1. The third-order valence-corrected chi connectivity index (χ3v) is 4.54. The van der Waals surface area contributed by atoms with E-state index in [-0.39, 0.29) is 12.3 Å². The maximum absolute atomic E-state index is 13.1. The molecular weight excluding hydrogens is 352 g/mol. The summed E-state index contributed by atoms with van der Waals surface area (Å²) >= 11 is 0. The molecule has 3 rings (SSSR count). The Morgan fingerprint density at radius 2 is 1.75 bits per heavy atom. The van der Waals surface area contributed by atoms with E-state index in [0.717, 1.165) is 42.9 Å². The summed E-state index contributed by atoms with van der Waals surface area (Å²) in [7, 11) is 0. The van der Waals surface area contributed by atoms with Crippen LogP contribution in [0.3, 0.4) is 0 Å². The standard InChI is InChI=1S/C22H28N4O2/c1-4-14-25(15-5-2)21(27)16-18-22(17-10-8-7-9-11-17)23-19-12-13-20(28-6-3)24-26(18)19/h7-13H,4-6,14-16H2,1-3H3. The lowest BCUT2D eigenvalue weighted by Crippen LogP contribution is -2.34. The number of amides is 1. The first-order valence-electron chi connectivity index (χ1n) is 10.0. The second-order valence-electron chi connectivity index (χ2n) is 6.71. The molecule has 6 nitrogen and oxygen atoms in total. The van der Waals surface area contributed by atoms with Crippen LogP contribution in [0.2, 0.25) is 0 Å². The number of fused-ring (bicyclic) bond motifs is 1. The first-order chi connectivity index (χ1) is 13.7. The molecule has 2 heterocycles. The lowest BCUT2D eigenvalue weighted by Gasteiger charge is -2.21. The van der Waals surface area contributed by atoms with Gasteiger partial charge >= 0.3 is 0 Å². The normalized spacial score (nSPS) is 11.0. The minimum absolute atomic E-state index is 0.103. The van der Waals surface area contributed by atoms with Gasteiger partial charge in [0.15, 0.2) is 5.65 Å². The summed E-state index contributed by atoms with van der Waals surface area (Å²) in [5, 5.41) is 4.58.